The number of carbonyl (C=O) groups excluding carboxylic acids is 1. The van der Waals surface area contributed by atoms with Crippen LogP contribution < -0.4 is 11.1 Å². The molecule has 3 rings (SSSR count). The van der Waals surface area contributed by atoms with Gasteiger partial charge in [0.15, 0.2) is 0 Å². The van der Waals surface area contributed by atoms with Crippen molar-refractivity contribution in [3.8, 4) is 0 Å². The summed E-state index contributed by atoms with van der Waals surface area (Å²) < 4.78 is 0.933. The Kier molecular flexibility index (Phi) is 3.56. The van der Waals surface area contributed by atoms with Crippen molar-refractivity contribution in [1.29, 1.82) is 0 Å². The van der Waals surface area contributed by atoms with Gasteiger partial charge < -0.3 is 11.1 Å². The summed E-state index contributed by atoms with van der Waals surface area (Å²) in [5.41, 5.74) is 6.90. The summed E-state index contributed by atoms with van der Waals surface area (Å²) in [7, 11) is 0. The molecule has 1 aromatic heterocycles. The number of nitrogens with one attached hydrogen (secondary N) is 1. The van der Waals surface area contributed by atoms with E-state index < -0.39 is 5.54 Å². The minimum atomic E-state index is -0.794. The van der Waals surface area contributed by atoms with Crippen molar-refractivity contribution < 1.29 is 4.79 Å². The normalized spacial score (nSPS) is 21.2. The summed E-state index contributed by atoms with van der Waals surface area (Å²) in [5, 5.41) is 5.43. The summed E-state index contributed by atoms with van der Waals surface area (Å²) in [6, 6.07) is 9.82. The maximum atomic E-state index is 12.2. The van der Waals surface area contributed by atoms with E-state index in [1.165, 1.54) is 4.88 Å². The second kappa shape index (κ2) is 5.22. The number of amides is 1. The Labute approximate surface area is 130 Å². The fourth-order valence-electron chi connectivity index (χ4n) is 2.80. The molecule has 5 heteroatoms. The van der Waals surface area contributed by atoms with Crippen molar-refractivity contribution in [1.82, 2.24) is 0 Å². The van der Waals surface area contributed by atoms with Gasteiger partial charge in [0, 0.05) is 20.6 Å². The van der Waals surface area contributed by atoms with E-state index in [4.69, 9.17) is 5.73 Å². The molecule has 0 spiro atoms. The van der Waals surface area contributed by atoms with E-state index in [0.717, 1.165) is 35.0 Å². The predicted octanol–water partition coefficient (Wildman–Crippen LogP) is 3.64. The number of carbonyl (C=O) groups is 1. The van der Waals surface area contributed by atoms with Crippen LogP contribution in [0.1, 0.15) is 23.3 Å². The van der Waals surface area contributed by atoms with E-state index in [9.17, 15) is 4.79 Å². The minimum absolute atomic E-state index is 0.312. The lowest BCUT2D eigenvalue weighted by atomic mass is 9.79. The summed E-state index contributed by atoms with van der Waals surface area (Å²) in [6.45, 7) is 0. The molecule has 2 aromatic rings. The summed E-state index contributed by atoms with van der Waals surface area (Å²) >= 11 is 5.22. The zero-order chi connectivity index (χ0) is 14.2. The van der Waals surface area contributed by atoms with Gasteiger partial charge in [-0.25, -0.2) is 0 Å². The molecule has 0 bridgehead atoms. The van der Waals surface area contributed by atoms with E-state index in [-0.39, 0.29) is 5.91 Å². The maximum Gasteiger partial charge on any atom is 0.247 e. The average Bonchev–Trinajstić information content (AvgIpc) is 2.91. The van der Waals surface area contributed by atoms with E-state index in [0.29, 0.717) is 0 Å². The molecule has 0 radical (unpaired) electrons. The van der Waals surface area contributed by atoms with Crippen LogP contribution in [0.15, 0.2) is 40.2 Å². The number of primary amides is 1. The van der Waals surface area contributed by atoms with Gasteiger partial charge in [0.05, 0.1) is 0 Å². The summed E-state index contributed by atoms with van der Waals surface area (Å²) in [6.07, 6.45) is 2.72. The van der Waals surface area contributed by atoms with Gasteiger partial charge in [-0.2, -0.15) is 0 Å². The Balaban J connectivity index is 2.08. The Morgan fingerprint density at radius 3 is 2.90 bits per heavy atom. The van der Waals surface area contributed by atoms with Gasteiger partial charge >= 0.3 is 0 Å². The molecule has 1 unspecified atom stereocenters. The Morgan fingerprint density at radius 2 is 2.15 bits per heavy atom. The first-order valence-electron chi connectivity index (χ1n) is 6.53. The van der Waals surface area contributed by atoms with Crippen LogP contribution in [-0.2, 0) is 16.8 Å². The second-order valence-corrected chi connectivity index (χ2v) is 6.84. The van der Waals surface area contributed by atoms with Crippen LogP contribution in [0.5, 0.6) is 0 Å². The molecule has 0 saturated heterocycles. The Bertz CT molecular complexity index is 655. The van der Waals surface area contributed by atoms with Gasteiger partial charge in [-0.1, -0.05) is 12.1 Å². The molecule has 1 aliphatic rings. The molecule has 3 nitrogen and oxygen atoms in total. The third-order valence-electron chi connectivity index (χ3n) is 3.80. The van der Waals surface area contributed by atoms with Gasteiger partial charge in [-0.15, -0.1) is 11.3 Å². The number of halogens is 1. The number of nitrogens with two attached hydrogens (primary N) is 1. The molecule has 1 aliphatic carbocycles. The molecule has 1 heterocycles. The molecular formula is C15H15BrN2OS. The van der Waals surface area contributed by atoms with Crippen molar-refractivity contribution in [3.05, 3.63) is 50.6 Å². The number of hydrogen-bond acceptors (Lipinski definition) is 3. The van der Waals surface area contributed by atoms with Crippen molar-refractivity contribution >= 4 is 38.9 Å². The lowest BCUT2D eigenvalue weighted by Gasteiger charge is -2.36. The van der Waals surface area contributed by atoms with E-state index in [2.05, 4.69) is 21.2 Å². The molecule has 1 atom stereocenters. The predicted molar refractivity (Wildman–Crippen MR) is 85.9 cm³/mol. The highest BCUT2D eigenvalue weighted by molar-refractivity contribution is 9.10. The third-order valence-corrected chi connectivity index (χ3v) is 5.48. The van der Waals surface area contributed by atoms with E-state index in [1.54, 1.807) is 11.3 Å². The Hall–Kier alpha value is -1.33. The third kappa shape index (κ3) is 2.15. The highest BCUT2D eigenvalue weighted by atomic mass is 79.9. The largest absolute Gasteiger partial charge is 0.367 e. The molecule has 0 aliphatic heterocycles. The van der Waals surface area contributed by atoms with Gasteiger partial charge in [-0.3, -0.25) is 4.79 Å². The van der Waals surface area contributed by atoms with Gasteiger partial charge in [0.2, 0.25) is 5.91 Å². The first-order chi connectivity index (χ1) is 9.63. The quantitative estimate of drug-likeness (QED) is 0.887. The minimum Gasteiger partial charge on any atom is -0.367 e. The van der Waals surface area contributed by atoms with Gasteiger partial charge in [0.1, 0.15) is 5.54 Å². The number of rotatable bonds is 3. The van der Waals surface area contributed by atoms with Crippen LogP contribution in [0.3, 0.4) is 0 Å². The smallest absolute Gasteiger partial charge is 0.247 e. The monoisotopic (exact) mass is 350 g/mol. The zero-order valence-electron chi connectivity index (χ0n) is 10.9. The summed E-state index contributed by atoms with van der Waals surface area (Å²) in [5.74, 6) is -0.312. The molecule has 20 heavy (non-hydrogen) atoms. The van der Waals surface area contributed by atoms with E-state index >= 15 is 0 Å². The fraction of sp³-hybridized carbons (Fsp3) is 0.267. The number of anilines is 1. The average molecular weight is 351 g/mol. The zero-order valence-corrected chi connectivity index (χ0v) is 13.3. The van der Waals surface area contributed by atoms with Crippen LogP contribution >= 0.6 is 27.3 Å². The molecule has 0 saturated carbocycles. The number of aryl methyl sites for hydroxylation is 1. The first-order valence-corrected chi connectivity index (χ1v) is 8.20. The fourth-order valence-corrected chi connectivity index (χ4v) is 4.19. The lowest BCUT2D eigenvalue weighted by Crippen LogP contribution is -2.49. The van der Waals surface area contributed by atoms with Gasteiger partial charge in [0.25, 0.3) is 0 Å². The molecule has 1 aromatic carbocycles. The number of para-hydroxylation sites is 1. The first kappa shape index (κ1) is 13.6. The molecule has 0 fully saturated rings. The number of thiophene rings is 1. The van der Waals surface area contributed by atoms with Crippen molar-refractivity contribution in [2.24, 2.45) is 5.73 Å². The number of hydrogen-bond donors (Lipinski definition) is 2. The number of benzene rings is 1. The van der Waals surface area contributed by atoms with Crippen LogP contribution in [0.4, 0.5) is 5.69 Å². The van der Waals surface area contributed by atoms with Crippen molar-refractivity contribution in [2.75, 3.05) is 5.32 Å². The van der Waals surface area contributed by atoms with Gasteiger partial charge in [-0.05, 0) is 58.8 Å². The standard InChI is InChI=1S/C15H15BrN2OS/c16-11-4-1-2-5-12(11)18-15(14(17)19)8-3-6-13-10(15)7-9-20-13/h1-2,4-5,7,9,18H,3,6,8H2,(H2,17,19). The van der Waals surface area contributed by atoms with Crippen molar-refractivity contribution in [3.63, 3.8) is 0 Å². The molecule has 104 valence electrons. The maximum absolute atomic E-state index is 12.2. The van der Waals surface area contributed by atoms with Crippen LogP contribution in [-0.4, -0.2) is 5.91 Å². The second-order valence-electron chi connectivity index (χ2n) is 4.99. The molecule has 3 N–H and O–H groups in total. The van der Waals surface area contributed by atoms with Crippen LogP contribution in [0, 0.1) is 0 Å². The SMILES string of the molecule is NC(=O)C1(Nc2ccccc2Br)CCCc2sccc21. The number of fused-ring (bicyclic) bond motifs is 1. The highest BCUT2D eigenvalue weighted by Gasteiger charge is 2.42. The topological polar surface area (TPSA) is 55.1 Å². The lowest BCUT2D eigenvalue weighted by molar-refractivity contribution is -0.123. The molecular weight excluding hydrogens is 336 g/mol. The van der Waals surface area contributed by atoms with E-state index in [1.807, 2.05) is 35.7 Å². The van der Waals surface area contributed by atoms with Crippen LogP contribution in [0.2, 0.25) is 0 Å². The highest BCUT2D eigenvalue weighted by Crippen LogP contribution is 2.41. The van der Waals surface area contributed by atoms with Crippen molar-refractivity contribution in [2.45, 2.75) is 24.8 Å². The molecule has 1 amide bonds. The van der Waals surface area contributed by atoms with Crippen LogP contribution in [0.25, 0.3) is 0 Å². The summed E-state index contributed by atoms with van der Waals surface area (Å²) in [4.78, 5) is 13.5. The Morgan fingerprint density at radius 1 is 1.35 bits per heavy atom.